The lowest BCUT2D eigenvalue weighted by Crippen LogP contribution is -1.94. The number of hydrogen-bond acceptors (Lipinski definition) is 2. The van der Waals surface area contributed by atoms with Gasteiger partial charge >= 0.3 is 0 Å². The minimum absolute atomic E-state index is 0.585. The molecule has 0 aliphatic rings. The van der Waals surface area contributed by atoms with Gasteiger partial charge in [0, 0.05) is 11.1 Å². The monoisotopic (exact) mass is 159 g/mol. The second kappa shape index (κ2) is 5.66. The molecule has 0 radical (unpaired) electrons. The van der Waals surface area contributed by atoms with E-state index in [0.29, 0.717) is 5.92 Å². The van der Waals surface area contributed by atoms with E-state index in [1.807, 2.05) is 11.8 Å². The molecule has 0 unspecified atom stereocenters. The van der Waals surface area contributed by atoms with E-state index in [4.69, 9.17) is 5.73 Å². The van der Waals surface area contributed by atoms with Crippen LogP contribution in [0.4, 0.5) is 0 Å². The highest BCUT2D eigenvalue weighted by molar-refractivity contribution is 8.03. The molecule has 10 heavy (non-hydrogen) atoms. The largest absolute Gasteiger partial charge is 0.404 e. The summed E-state index contributed by atoms with van der Waals surface area (Å²) in [6.45, 7) is 6.52. The summed E-state index contributed by atoms with van der Waals surface area (Å²) in [5, 5.41) is 0. The molecule has 0 aromatic rings. The predicted octanol–water partition coefficient (Wildman–Crippen LogP) is 2.59. The van der Waals surface area contributed by atoms with Crippen molar-refractivity contribution in [2.45, 2.75) is 27.2 Å². The van der Waals surface area contributed by atoms with Crippen molar-refractivity contribution in [1.29, 1.82) is 0 Å². The van der Waals surface area contributed by atoms with Crippen molar-refractivity contribution >= 4 is 11.8 Å². The molecular formula is C8H17NS. The summed E-state index contributed by atoms with van der Waals surface area (Å²) in [5.74, 6) is 1.77. The Morgan fingerprint density at radius 3 is 2.50 bits per heavy atom. The van der Waals surface area contributed by atoms with Gasteiger partial charge in [-0.3, -0.25) is 0 Å². The van der Waals surface area contributed by atoms with Crippen molar-refractivity contribution in [1.82, 2.24) is 0 Å². The number of thioether (sulfide) groups is 1. The fourth-order valence-corrected chi connectivity index (χ4v) is 1.50. The fraction of sp³-hybridized carbons (Fsp3) is 0.750. The summed E-state index contributed by atoms with van der Waals surface area (Å²) >= 11 is 1.87. The van der Waals surface area contributed by atoms with Crippen LogP contribution in [-0.2, 0) is 0 Å². The van der Waals surface area contributed by atoms with Crippen LogP contribution in [0.15, 0.2) is 11.1 Å². The average molecular weight is 159 g/mol. The van der Waals surface area contributed by atoms with Crippen molar-refractivity contribution in [3.8, 4) is 0 Å². The highest BCUT2D eigenvalue weighted by atomic mass is 32.2. The molecule has 0 spiro atoms. The fourth-order valence-electron chi connectivity index (χ4n) is 0.627. The first-order chi connectivity index (χ1) is 4.72. The molecule has 1 nitrogen and oxygen atoms in total. The summed E-state index contributed by atoms with van der Waals surface area (Å²) in [6, 6.07) is 0. The summed E-state index contributed by atoms with van der Waals surface area (Å²) in [4.78, 5) is 1.31. The smallest absolute Gasteiger partial charge is 0.00372 e. The Morgan fingerprint density at radius 1 is 1.60 bits per heavy atom. The van der Waals surface area contributed by atoms with E-state index in [2.05, 4.69) is 20.8 Å². The minimum Gasteiger partial charge on any atom is -0.404 e. The first-order valence-electron chi connectivity index (χ1n) is 3.77. The van der Waals surface area contributed by atoms with E-state index in [9.17, 15) is 0 Å². The lowest BCUT2D eigenvalue weighted by molar-refractivity contribution is 0.813. The zero-order valence-corrected chi connectivity index (χ0v) is 7.87. The van der Waals surface area contributed by atoms with Gasteiger partial charge in [0.15, 0.2) is 0 Å². The maximum atomic E-state index is 5.43. The SMILES string of the molecule is CCCS/C(=C\N)C(C)C. The first kappa shape index (κ1) is 9.89. The molecule has 60 valence electrons. The van der Waals surface area contributed by atoms with Crippen LogP contribution in [-0.4, -0.2) is 5.75 Å². The molecule has 0 aromatic carbocycles. The molecule has 0 amide bonds. The number of nitrogens with two attached hydrogens (primary N) is 1. The van der Waals surface area contributed by atoms with Crippen LogP contribution in [0, 0.1) is 5.92 Å². The average Bonchev–Trinajstić information content (AvgIpc) is 1.89. The Kier molecular flexibility index (Phi) is 5.60. The molecule has 0 aliphatic carbocycles. The van der Waals surface area contributed by atoms with Gasteiger partial charge in [-0.2, -0.15) is 0 Å². The van der Waals surface area contributed by atoms with Gasteiger partial charge in [-0.1, -0.05) is 20.8 Å². The Balaban J connectivity index is 3.63. The van der Waals surface area contributed by atoms with Crippen LogP contribution in [0.2, 0.25) is 0 Å². The third kappa shape index (κ3) is 3.83. The molecule has 0 saturated heterocycles. The Hall–Kier alpha value is -0.110. The molecule has 0 aromatic heterocycles. The van der Waals surface area contributed by atoms with E-state index in [0.717, 1.165) is 0 Å². The van der Waals surface area contributed by atoms with Crippen molar-refractivity contribution in [3.63, 3.8) is 0 Å². The van der Waals surface area contributed by atoms with Crippen LogP contribution in [0.5, 0.6) is 0 Å². The summed E-state index contributed by atoms with van der Waals surface area (Å²) < 4.78 is 0. The van der Waals surface area contributed by atoms with Crippen LogP contribution >= 0.6 is 11.8 Å². The molecule has 0 fully saturated rings. The summed E-state index contributed by atoms with van der Waals surface area (Å²) in [6.07, 6.45) is 2.94. The standard InChI is InChI=1S/C8H17NS/c1-4-5-10-8(6-9)7(2)3/h6-7H,4-5,9H2,1-3H3/b8-6-. The molecule has 0 heterocycles. The number of hydrogen-bond donors (Lipinski definition) is 1. The quantitative estimate of drug-likeness (QED) is 0.682. The second-order valence-electron chi connectivity index (χ2n) is 2.57. The number of allylic oxidation sites excluding steroid dienone is 1. The minimum atomic E-state index is 0.585. The highest BCUT2D eigenvalue weighted by Crippen LogP contribution is 2.22. The molecule has 0 aliphatic heterocycles. The molecule has 2 heteroatoms. The van der Waals surface area contributed by atoms with Gasteiger partial charge in [0.05, 0.1) is 0 Å². The van der Waals surface area contributed by atoms with Crippen LogP contribution in [0.1, 0.15) is 27.2 Å². The van der Waals surface area contributed by atoms with Gasteiger partial charge in [0.25, 0.3) is 0 Å². The lowest BCUT2D eigenvalue weighted by atomic mass is 10.2. The van der Waals surface area contributed by atoms with Crippen molar-refractivity contribution in [3.05, 3.63) is 11.1 Å². The van der Waals surface area contributed by atoms with Crippen LogP contribution < -0.4 is 5.73 Å². The predicted molar refractivity (Wildman–Crippen MR) is 49.9 cm³/mol. The second-order valence-corrected chi connectivity index (χ2v) is 3.74. The maximum Gasteiger partial charge on any atom is 0.00372 e. The molecule has 0 saturated carbocycles. The van der Waals surface area contributed by atoms with Gasteiger partial charge in [-0.25, -0.2) is 0 Å². The number of rotatable bonds is 4. The van der Waals surface area contributed by atoms with E-state index in [-0.39, 0.29) is 0 Å². The Morgan fingerprint density at radius 2 is 2.20 bits per heavy atom. The molecule has 0 rings (SSSR count). The van der Waals surface area contributed by atoms with E-state index in [1.165, 1.54) is 17.1 Å². The molecule has 0 bridgehead atoms. The van der Waals surface area contributed by atoms with Gasteiger partial charge in [0.1, 0.15) is 0 Å². The van der Waals surface area contributed by atoms with Crippen molar-refractivity contribution in [2.24, 2.45) is 11.7 Å². The van der Waals surface area contributed by atoms with Gasteiger partial charge in [0.2, 0.25) is 0 Å². The Labute approximate surface area is 68.1 Å². The lowest BCUT2D eigenvalue weighted by Gasteiger charge is -2.07. The molecule has 0 atom stereocenters. The summed E-state index contributed by atoms with van der Waals surface area (Å²) in [7, 11) is 0. The van der Waals surface area contributed by atoms with Crippen molar-refractivity contribution < 1.29 is 0 Å². The topological polar surface area (TPSA) is 26.0 Å². The Bertz CT molecular complexity index is 108. The normalized spacial score (nSPS) is 12.6. The maximum absolute atomic E-state index is 5.43. The highest BCUT2D eigenvalue weighted by Gasteiger charge is 2.00. The first-order valence-corrected chi connectivity index (χ1v) is 4.75. The van der Waals surface area contributed by atoms with E-state index < -0.39 is 0 Å². The van der Waals surface area contributed by atoms with E-state index >= 15 is 0 Å². The van der Waals surface area contributed by atoms with Crippen LogP contribution in [0.3, 0.4) is 0 Å². The van der Waals surface area contributed by atoms with Crippen LogP contribution in [0.25, 0.3) is 0 Å². The van der Waals surface area contributed by atoms with Crippen molar-refractivity contribution in [2.75, 3.05) is 5.75 Å². The zero-order valence-electron chi connectivity index (χ0n) is 7.05. The summed E-state index contributed by atoms with van der Waals surface area (Å²) in [5.41, 5.74) is 5.43. The molecular weight excluding hydrogens is 142 g/mol. The van der Waals surface area contributed by atoms with Gasteiger partial charge in [-0.05, 0) is 18.1 Å². The van der Waals surface area contributed by atoms with E-state index in [1.54, 1.807) is 6.20 Å². The zero-order chi connectivity index (χ0) is 7.98. The molecule has 2 N–H and O–H groups in total. The third-order valence-corrected chi connectivity index (χ3v) is 2.76. The van der Waals surface area contributed by atoms with Gasteiger partial charge in [-0.15, -0.1) is 11.8 Å². The third-order valence-electron chi connectivity index (χ3n) is 1.21. The van der Waals surface area contributed by atoms with Gasteiger partial charge < -0.3 is 5.73 Å².